The van der Waals surface area contributed by atoms with Gasteiger partial charge in [0.1, 0.15) is 17.0 Å². The van der Waals surface area contributed by atoms with Gasteiger partial charge < -0.3 is 20.1 Å². The molecule has 3 rings (SSSR count). The third-order valence-corrected chi connectivity index (χ3v) is 5.23. The van der Waals surface area contributed by atoms with Crippen LogP contribution in [0.5, 0.6) is 5.88 Å². The van der Waals surface area contributed by atoms with Gasteiger partial charge in [0, 0.05) is 18.5 Å². The number of carbonyl (C=O) groups is 2. The molecule has 0 saturated heterocycles. The Bertz CT molecular complexity index is 1440. The number of aryl methyl sites for hydroxylation is 2. The molecule has 0 saturated carbocycles. The first-order valence-corrected chi connectivity index (χ1v) is 11.9. The SMILES string of the molecule is C=CC(=O)Nc1cc(C)ccc1Nc1nc(N(C(=O)OC(C)(C)C)c2cc(OC)ncc2C)ncc1C(F)(F)F. The first kappa shape index (κ1) is 29.9. The zero-order chi connectivity index (χ0) is 29.8. The molecule has 10 nitrogen and oxygen atoms in total. The molecule has 2 heterocycles. The summed E-state index contributed by atoms with van der Waals surface area (Å²) >= 11 is 0. The zero-order valence-electron chi connectivity index (χ0n) is 22.8. The van der Waals surface area contributed by atoms with Crippen molar-refractivity contribution in [3.05, 3.63) is 66.0 Å². The second-order valence-corrected chi connectivity index (χ2v) is 9.63. The van der Waals surface area contributed by atoms with E-state index < -0.39 is 41.1 Å². The van der Waals surface area contributed by atoms with E-state index in [0.717, 1.165) is 16.5 Å². The van der Waals surface area contributed by atoms with Crippen molar-refractivity contribution in [3.8, 4) is 5.88 Å². The summed E-state index contributed by atoms with van der Waals surface area (Å²) in [5, 5.41) is 5.20. The number of rotatable bonds is 7. The zero-order valence-corrected chi connectivity index (χ0v) is 22.8. The summed E-state index contributed by atoms with van der Waals surface area (Å²) in [7, 11) is 1.38. The largest absolute Gasteiger partial charge is 0.481 e. The lowest BCUT2D eigenvalue weighted by atomic mass is 10.1. The predicted octanol–water partition coefficient (Wildman–Crippen LogP) is 6.46. The topological polar surface area (TPSA) is 119 Å². The van der Waals surface area contributed by atoms with E-state index in [0.29, 0.717) is 11.8 Å². The van der Waals surface area contributed by atoms with Crippen LogP contribution in [0.2, 0.25) is 0 Å². The highest BCUT2D eigenvalue weighted by molar-refractivity contribution is 6.01. The van der Waals surface area contributed by atoms with E-state index in [1.807, 2.05) is 0 Å². The number of halogens is 3. The molecule has 0 atom stereocenters. The Hall–Kier alpha value is -4.68. The Kier molecular flexibility index (Phi) is 8.66. The predicted molar refractivity (Wildman–Crippen MR) is 144 cm³/mol. The second-order valence-electron chi connectivity index (χ2n) is 9.63. The van der Waals surface area contributed by atoms with Gasteiger partial charge >= 0.3 is 12.3 Å². The first-order valence-electron chi connectivity index (χ1n) is 11.9. The Morgan fingerprint density at radius 2 is 1.75 bits per heavy atom. The summed E-state index contributed by atoms with van der Waals surface area (Å²) in [6.07, 6.45) is -2.78. The summed E-state index contributed by atoms with van der Waals surface area (Å²) in [5.41, 5.74) is -0.460. The normalized spacial score (nSPS) is 11.4. The maximum Gasteiger partial charge on any atom is 0.421 e. The maximum atomic E-state index is 14.0. The van der Waals surface area contributed by atoms with Crippen LogP contribution in [0.4, 0.5) is 46.8 Å². The molecule has 2 amide bonds. The number of amides is 2. The van der Waals surface area contributed by atoms with E-state index in [2.05, 4.69) is 32.2 Å². The standard InChI is InChI=1S/C27H29F3N6O4/c1-8-21(37)33-19-11-15(2)9-10-18(19)34-23-17(27(28,29)30)14-32-24(35-23)36(25(38)40-26(4,5)6)20-12-22(39-7)31-13-16(20)3/h8-14H,1H2,2-7H3,(H,33,37)(H,32,34,35). The number of hydrogen-bond acceptors (Lipinski definition) is 8. The number of nitrogens with zero attached hydrogens (tertiary/aromatic N) is 4. The van der Waals surface area contributed by atoms with Crippen molar-refractivity contribution in [3.63, 3.8) is 0 Å². The second kappa shape index (κ2) is 11.6. The van der Waals surface area contributed by atoms with Crippen molar-refractivity contribution in [2.24, 2.45) is 0 Å². The van der Waals surface area contributed by atoms with Crippen molar-refractivity contribution in [2.75, 3.05) is 22.6 Å². The molecule has 2 aromatic heterocycles. The molecule has 40 heavy (non-hydrogen) atoms. The lowest BCUT2D eigenvalue weighted by molar-refractivity contribution is -0.137. The number of benzene rings is 1. The number of anilines is 5. The first-order chi connectivity index (χ1) is 18.6. The van der Waals surface area contributed by atoms with Gasteiger partial charge in [0.05, 0.1) is 24.2 Å². The van der Waals surface area contributed by atoms with Gasteiger partial charge in [-0.05, 0) is 64.0 Å². The molecule has 0 aliphatic carbocycles. The third-order valence-electron chi connectivity index (χ3n) is 5.23. The van der Waals surface area contributed by atoms with Gasteiger partial charge in [0.15, 0.2) is 0 Å². The minimum Gasteiger partial charge on any atom is -0.481 e. The number of pyridine rings is 1. The summed E-state index contributed by atoms with van der Waals surface area (Å²) in [6.45, 7) is 11.7. The number of ether oxygens (including phenoxy) is 2. The van der Waals surface area contributed by atoms with Gasteiger partial charge in [-0.15, -0.1) is 0 Å². The molecule has 0 fully saturated rings. The van der Waals surface area contributed by atoms with Gasteiger partial charge in [-0.2, -0.15) is 18.2 Å². The van der Waals surface area contributed by atoms with E-state index in [1.54, 1.807) is 46.8 Å². The number of methoxy groups -OCH3 is 1. The molecule has 0 bridgehead atoms. The fraction of sp³-hybridized carbons (Fsp3) is 0.296. The number of hydrogen-bond donors (Lipinski definition) is 2. The maximum absolute atomic E-state index is 14.0. The Balaban J connectivity index is 2.22. The van der Waals surface area contributed by atoms with E-state index >= 15 is 0 Å². The van der Waals surface area contributed by atoms with Gasteiger partial charge in [-0.25, -0.2) is 19.7 Å². The average molecular weight is 559 g/mol. The molecule has 0 aliphatic rings. The molecular weight excluding hydrogens is 529 g/mol. The summed E-state index contributed by atoms with van der Waals surface area (Å²) in [6, 6.07) is 6.11. The molecule has 13 heteroatoms. The number of aromatic nitrogens is 3. The van der Waals surface area contributed by atoms with E-state index in [4.69, 9.17) is 9.47 Å². The monoisotopic (exact) mass is 558 g/mol. The van der Waals surface area contributed by atoms with Crippen LogP contribution in [-0.4, -0.2) is 39.7 Å². The van der Waals surface area contributed by atoms with Crippen LogP contribution in [0.1, 0.15) is 37.5 Å². The van der Waals surface area contributed by atoms with Crippen LogP contribution in [0.3, 0.4) is 0 Å². The molecule has 0 spiro atoms. The van der Waals surface area contributed by atoms with Gasteiger partial charge in [0.25, 0.3) is 0 Å². The van der Waals surface area contributed by atoms with E-state index in [1.165, 1.54) is 25.4 Å². The van der Waals surface area contributed by atoms with E-state index in [9.17, 15) is 22.8 Å². The molecule has 1 aromatic carbocycles. The fourth-order valence-electron chi connectivity index (χ4n) is 3.41. The van der Waals surface area contributed by atoms with Crippen molar-refractivity contribution >= 4 is 40.8 Å². The highest BCUT2D eigenvalue weighted by Crippen LogP contribution is 2.38. The molecular formula is C27H29F3N6O4. The van der Waals surface area contributed by atoms with Crippen molar-refractivity contribution < 1.29 is 32.2 Å². The van der Waals surface area contributed by atoms with Crippen LogP contribution < -0.4 is 20.3 Å². The van der Waals surface area contributed by atoms with Crippen LogP contribution in [0.15, 0.2) is 49.3 Å². The molecule has 212 valence electrons. The van der Waals surface area contributed by atoms with Crippen LogP contribution in [0.25, 0.3) is 0 Å². The summed E-state index contributed by atoms with van der Waals surface area (Å²) in [5.74, 6) is -1.50. The number of nitrogens with one attached hydrogen (secondary N) is 2. The van der Waals surface area contributed by atoms with Crippen molar-refractivity contribution in [1.82, 2.24) is 15.0 Å². The number of carbonyl (C=O) groups excluding carboxylic acids is 2. The summed E-state index contributed by atoms with van der Waals surface area (Å²) < 4.78 is 52.8. The molecule has 0 radical (unpaired) electrons. The molecule has 0 aliphatic heterocycles. The van der Waals surface area contributed by atoms with Crippen molar-refractivity contribution in [2.45, 2.75) is 46.4 Å². The molecule has 0 unspecified atom stereocenters. The molecule has 2 N–H and O–H groups in total. The lowest BCUT2D eigenvalue weighted by Gasteiger charge is -2.27. The summed E-state index contributed by atoms with van der Waals surface area (Å²) in [4.78, 5) is 38.3. The minimum atomic E-state index is -4.86. The Labute approximate surface area is 229 Å². The van der Waals surface area contributed by atoms with Crippen LogP contribution >= 0.6 is 0 Å². The lowest BCUT2D eigenvalue weighted by Crippen LogP contribution is -2.35. The fourth-order valence-corrected chi connectivity index (χ4v) is 3.41. The van der Waals surface area contributed by atoms with Gasteiger partial charge in [0.2, 0.25) is 17.7 Å². The Morgan fingerprint density at radius 1 is 1.05 bits per heavy atom. The third kappa shape index (κ3) is 7.24. The quantitative estimate of drug-likeness (QED) is 0.317. The molecule has 3 aromatic rings. The highest BCUT2D eigenvalue weighted by Gasteiger charge is 2.37. The van der Waals surface area contributed by atoms with Gasteiger partial charge in [-0.1, -0.05) is 12.6 Å². The van der Waals surface area contributed by atoms with Crippen molar-refractivity contribution in [1.29, 1.82) is 0 Å². The highest BCUT2D eigenvalue weighted by atomic mass is 19.4. The van der Waals surface area contributed by atoms with Gasteiger partial charge in [-0.3, -0.25) is 4.79 Å². The van der Waals surface area contributed by atoms with Crippen LogP contribution in [-0.2, 0) is 15.7 Å². The van der Waals surface area contributed by atoms with E-state index in [-0.39, 0.29) is 22.9 Å². The van der Waals surface area contributed by atoms with Crippen LogP contribution in [0, 0.1) is 13.8 Å². The number of alkyl halides is 3. The Morgan fingerprint density at radius 3 is 2.35 bits per heavy atom. The minimum absolute atomic E-state index is 0.113. The smallest absolute Gasteiger partial charge is 0.421 e. The average Bonchev–Trinajstić information content (AvgIpc) is 2.85.